The van der Waals surface area contributed by atoms with Gasteiger partial charge in [-0.2, -0.15) is 0 Å². The van der Waals surface area contributed by atoms with Crippen molar-refractivity contribution in [1.82, 2.24) is 0 Å². The number of hydrogen-bond donors (Lipinski definition) is 0. The number of carbonyl (C=O) groups excluding carboxylic acids is 1. The van der Waals surface area contributed by atoms with Crippen molar-refractivity contribution in [1.29, 1.82) is 0 Å². The minimum atomic E-state index is -0.303. The average Bonchev–Trinajstić information content (AvgIpc) is 2.73. The van der Waals surface area contributed by atoms with E-state index in [4.69, 9.17) is 37.9 Å². The number of ether oxygens (including phenoxy) is 8. The number of rotatable bonds is 25. The van der Waals surface area contributed by atoms with Gasteiger partial charge in [-0.25, -0.2) is 0 Å². The van der Waals surface area contributed by atoms with Crippen molar-refractivity contribution >= 4 is 5.97 Å². The summed E-state index contributed by atoms with van der Waals surface area (Å²) in [5, 5.41) is 0. The van der Waals surface area contributed by atoms with Crippen LogP contribution in [-0.2, 0) is 42.7 Å². The van der Waals surface area contributed by atoms with Gasteiger partial charge >= 0.3 is 5.97 Å². The predicted molar refractivity (Wildman–Crippen MR) is 112 cm³/mol. The standard InChI is InChI=1S/C21H42O9/c1-3-4-5-6-23-7-8-24-9-10-25-11-12-26-13-14-27-15-16-28-17-18-29-19-20-30-21(2)22/h3-20H2,1-2H3. The second kappa shape index (κ2) is 26.2. The second-order valence-corrected chi connectivity index (χ2v) is 6.33. The molecule has 0 radical (unpaired) electrons. The van der Waals surface area contributed by atoms with Crippen LogP contribution in [0.5, 0.6) is 0 Å². The third-order valence-corrected chi connectivity index (χ3v) is 3.66. The molecule has 0 spiro atoms. The van der Waals surface area contributed by atoms with E-state index >= 15 is 0 Å². The van der Waals surface area contributed by atoms with E-state index in [1.54, 1.807) is 0 Å². The summed E-state index contributed by atoms with van der Waals surface area (Å²) in [5.74, 6) is -0.303. The summed E-state index contributed by atoms with van der Waals surface area (Å²) in [4.78, 5) is 10.5. The zero-order valence-corrected chi connectivity index (χ0v) is 18.9. The Balaban J connectivity index is 2.99. The largest absolute Gasteiger partial charge is 0.463 e. The van der Waals surface area contributed by atoms with E-state index in [9.17, 15) is 4.79 Å². The van der Waals surface area contributed by atoms with Crippen LogP contribution in [0.3, 0.4) is 0 Å². The van der Waals surface area contributed by atoms with Crippen molar-refractivity contribution in [3.63, 3.8) is 0 Å². The van der Waals surface area contributed by atoms with E-state index in [2.05, 4.69) is 6.92 Å². The van der Waals surface area contributed by atoms with Gasteiger partial charge in [-0.1, -0.05) is 19.8 Å². The van der Waals surface area contributed by atoms with Crippen LogP contribution in [0.2, 0.25) is 0 Å². The molecule has 0 fully saturated rings. The summed E-state index contributed by atoms with van der Waals surface area (Å²) >= 11 is 0. The molecule has 0 saturated heterocycles. The molecule has 0 saturated carbocycles. The SMILES string of the molecule is CCCCCOCCOCCOCCOCCOCCOCCOCCOC(C)=O. The molecule has 0 bridgehead atoms. The second-order valence-electron chi connectivity index (χ2n) is 6.33. The number of carbonyl (C=O) groups is 1. The van der Waals surface area contributed by atoms with Crippen molar-refractivity contribution in [2.45, 2.75) is 33.1 Å². The Labute approximate surface area is 181 Å². The first-order valence-electron chi connectivity index (χ1n) is 10.9. The van der Waals surface area contributed by atoms with Gasteiger partial charge in [0.1, 0.15) is 6.61 Å². The molecule has 0 aliphatic heterocycles. The molecular formula is C21H42O9. The molecular weight excluding hydrogens is 396 g/mol. The first-order valence-corrected chi connectivity index (χ1v) is 10.9. The lowest BCUT2D eigenvalue weighted by Gasteiger charge is -2.08. The van der Waals surface area contributed by atoms with Crippen molar-refractivity contribution < 1.29 is 42.7 Å². The number of esters is 1. The summed E-state index contributed by atoms with van der Waals surface area (Å²) in [6.07, 6.45) is 3.55. The van der Waals surface area contributed by atoms with Crippen LogP contribution < -0.4 is 0 Å². The molecule has 0 amide bonds. The molecule has 0 unspecified atom stereocenters. The zero-order chi connectivity index (χ0) is 22.0. The lowest BCUT2D eigenvalue weighted by Crippen LogP contribution is -2.15. The molecule has 0 aromatic heterocycles. The van der Waals surface area contributed by atoms with Crippen LogP contribution in [0.1, 0.15) is 33.1 Å². The van der Waals surface area contributed by atoms with E-state index in [0.29, 0.717) is 85.9 Å². The Kier molecular flexibility index (Phi) is 25.5. The molecule has 0 aliphatic rings. The maximum atomic E-state index is 10.5. The molecule has 0 heterocycles. The van der Waals surface area contributed by atoms with Crippen molar-refractivity contribution in [3.05, 3.63) is 0 Å². The zero-order valence-electron chi connectivity index (χ0n) is 18.9. The normalized spacial score (nSPS) is 11.1. The van der Waals surface area contributed by atoms with Gasteiger partial charge in [-0.05, 0) is 6.42 Å². The molecule has 0 aliphatic carbocycles. The molecule has 0 rings (SSSR count). The van der Waals surface area contributed by atoms with Crippen LogP contribution in [0, 0.1) is 0 Å². The van der Waals surface area contributed by atoms with E-state index in [1.165, 1.54) is 19.8 Å². The summed E-state index contributed by atoms with van der Waals surface area (Å²) in [5.41, 5.74) is 0. The van der Waals surface area contributed by atoms with Crippen molar-refractivity contribution in [2.75, 3.05) is 99.1 Å². The van der Waals surface area contributed by atoms with E-state index in [-0.39, 0.29) is 12.6 Å². The van der Waals surface area contributed by atoms with Crippen LogP contribution >= 0.6 is 0 Å². The lowest BCUT2D eigenvalue weighted by atomic mass is 10.3. The Morgan fingerprint density at radius 2 is 0.767 bits per heavy atom. The van der Waals surface area contributed by atoms with Gasteiger partial charge in [0, 0.05) is 13.5 Å². The van der Waals surface area contributed by atoms with E-state index < -0.39 is 0 Å². The van der Waals surface area contributed by atoms with Gasteiger partial charge in [0.25, 0.3) is 0 Å². The van der Waals surface area contributed by atoms with Gasteiger partial charge < -0.3 is 37.9 Å². The fraction of sp³-hybridized carbons (Fsp3) is 0.952. The minimum absolute atomic E-state index is 0.270. The fourth-order valence-corrected chi connectivity index (χ4v) is 2.12. The number of unbranched alkanes of at least 4 members (excludes halogenated alkanes) is 2. The Morgan fingerprint density at radius 3 is 1.07 bits per heavy atom. The predicted octanol–water partition coefficient (Wildman–Crippen LogP) is 1.86. The fourth-order valence-electron chi connectivity index (χ4n) is 2.12. The lowest BCUT2D eigenvalue weighted by molar-refractivity contribution is -0.142. The smallest absolute Gasteiger partial charge is 0.302 e. The topological polar surface area (TPSA) is 90.9 Å². The summed E-state index contributed by atoms with van der Waals surface area (Å²) in [6.45, 7) is 11.4. The maximum absolute atomic E-state index is 10.5. The van der Waals surface area contributed by atoms with Gasteiger partial charge in [-0.3, -0.25) is 4.79 Å². The summed E-state index contributed by atoms with van der Waals surface area (Å²) in [6, 6.07) is 0. The van der Waals surface area contributed by atoms with Crippen molar-refractivity contribution in [2.24, 2.45) is 0 Å². The summed E-state index contributed by atoms with van der Waals surface area (Å²) in [7, 11) is 0. The first-order chi connectivity index (χ1) is 14.8. The van der Waals surface area contributed by atoms with Gasteiger partial charge in [0.15, 0.2) is 0 Å². The monoisotopic (exact) mass is 438 g/mol. The number of hydrogen-bond acceptors (Lipinski definition) is 9. The van der Waals surface area contributed by atoms with Gasteiger partial charge in [-0.15, -0.1) is 0 Å². The Bertz CT molecular complexity index is 342. The Hall–Kier alpha value is -0.810. The van der Waals surface area contributed by atoms with E-state index in [1.807, 2.05) is 0 Å². The van der Waals surface area contributed by atoms with E-state index in [0.717, 1.165) is 13.0 Å². The highest BCUT2D eigenvalue weighted by Crippen LogP contribution is 1.93. The Morgan fingerprint density at radius 1 is 0.467 bits per heavy atom. The average molecular weight is 439 g/mol. The van der Waals surface area contributed by atoms with Crippen LogP contribution in [0.4, 0.5) is 0 Å². The summed E-state index contributed by atoms with van der Waals surface area (Å²) < 4.78 is 42.4. The molecule has 0 N–H and O–H groups in total. The van der Waals surface area contributed by atoms with Gasteiger partial charge in [0.05, 0.1) is 85.9 Å². The molecule has 30 heavy (non-hydrogen) atoms. The molecule has 180 valence electrons. The third-order valence-electron chi connectivity index (χ3n) is 3.66. The van der Waals surface area contributed by atoms with Crippen molar-refractivity contribution in [3.8, 4) is 0 Å². The molecule has 9 heteroatoms. The molecule has 0 atom stereocenters. The first kappa shape index (κ1) is 29.2. The minimum Gasteiger partial charge on any atom is -0.463 e. The highest BCUT2D eigenvalue weighted by molar-refractivity contribution is 5.65. The van der Waals surface area contributed by atoms with Crippen LogP contribution in [0.15, 0.2) is 0 Å². The van der Waals surface area contributed by atoms with Crippen LogP contribution in [-0.4, -0.2) is 105 Å². The third kappa shape index (κ3) is 27.2. The van der Waals surface area contributed by atoms with Gasteiger partial charge in [0.2, 0.25) is 0 Å². The highest BCUT2D eigenvalue weighted by Gasteiger charge is 1.95. The molecule has 0 aromatic carbocycles. The molecule has 0 aromatic rings. The molecule has 9 nitrogen and oxygen atoms in total. The quantitative estimate of drug-likeness (QED) is 0.156. The van der Waals surface area contributed by atoms with Crippen LogP contribution in [0.25, 0.3) is 0 Å². The maximum Gasteiger partial charge on any atom is 0.302 e. The highest BCUT2D eigenvalue weighted by atomic mass is 16.6.